The van der Waals surface area contributed by atoms with Crippen molar-refractivity contribution in [1.82, 2.24) is 0 Å². The van der Waals surface area contributed by atoms with Crippen LogP contribution in [0.15, 0.2) is 162 Å². The van der Waals surface area contributed by atoms with Crippen LogP contribution in [0.3, 0.4) is 0 Å². The second-order valence-corrected chi connectivity index (χ2v) is 11.2. The lowest BCUT2D eigenvalue weighted by atomic mass is 9.85. The van der Waals surface area contributed by atoms with Crippen LogP contribution >= 0.6 is 0 Å². The van der Waals surface area contributed by atoms with Gasteiger partial charge in [-0.3, -0.25) is 0 Å². The van der Waals surface area contributed by atoms with Crippen LogP contribution in [0.5, 0.6) is 0 Å². The molecule has 0 aliphatic heterocycles. The molecule has 1 aromatic heterocycles. The predicted molar refractivity (Wildman–Crippen MR) is 183 cm³/mol. The Bertz CT molecular complexity index is 2500. The summed E-state index contributed by atoms with van der Waals surface area (Å²) in [4.78, 5) is 0. The Balaban J connectivity index is 1.45. The van der Waals surface area contributed by atoms with Crippen molar-refractivity contribution >= 4 is 54.3 Å². The number of fused-ring (bicyclic) bond motifs is 6. The van der Waals surface area contributed by atoms with E-state index in [4.69, 9.17) is 4.42 Å². The van der Waals surface area contributed by atoms with E-state index in [1.807, 2.05) is 0 Å². The summed E-state index contributed by atoms with van der Waals surface area (Å²) in [6.45, 7) is 0. The zero-order valence-electron chi connectivity index (χ0n) is 23.4. The first kappa shape index (κ1) is 24.0. The highest BCUT2D eigenvalue weighted by molar-refractivity contribution is 6.28. The Morgan fingerprint density at radius 3 is 1.72 bits per heavy atom. The molecule has 0 aliphatic rings. The minimum atomic E-state index is 0.904. The van der Waals surface area contributed by atoms with Gasteiger partial charge in [-0.25, -0.2) is 0 Å². The highest BCUT2D eigenvalue weighted by Crippen LogP contribution is 2.49. The Morgan fingerprint density at radius 2 is 0.930 bits per heavy atom. The van der Waals surface area contributed by atoms with Gasteiger partial charge in [-0.2, -0.15) is 0 Å². The molecule has 9 rings (SSSR count). The maximum atomic E-state index is 6.86. The second-order valence-electron chi connectivity index (χ2n) is 11.2. The van der Waals surface area contributed by atoms with E-state index in [0.717, 1.165) is 27.5 Å². The Labute approximate surface area is 249 Å². The molecule has 1 heteroatoms. The standard InChI is InChI=1S/C42H26O/c1-2-13-28(14-3-1)31-24-25-36(33-17-7-6-16-32(31)33)40-35-19-9-8-18-34(35)39(30-23-22-27-12-4-5-15-29(27)26-30)41-37-20-10-11-21-38(37)43-42(40)41/h1-26H. The molecule has 0 atom stereocenters. The van der Waals surface area contributed by atoms with Crippen molar-refractivity contribution < 1.29 is 4.42 Å². The molecule has 0 spiro atoms. The van der Waals surface area contributed by atoms with Crippen LogP contribution < -0.4 is 0 Å². The predicted octanol–water partition coefficient (Wildman–Crippen LogP) is 12.0. The third-order valence-electron chi connectivity index (χ3n) is 8.85. The van der Waals surface area contributed by atoms with E-state index in [9.17, 15) is 0 Å². The highest BCUT2D eigenvalue weighted by Gasteiger charge is 2.23. The molecule has 1 nitrogen and oxygen atoms in total. The SMILES string of the molecule is c1ccc(-c2ccc(-c3c4ccccc4c(-c4ccc5ccccc5c4)c4c3oc3ccccc34)c3ccccc23)cc1. The number of furan rings is 1. The van der Waals surface area contributed by atoms with Crippen LogP contribution in [-0.2, 0) is 0 Å². The summed E-state index contributed by atoms with van der Waals surface area (Å²) in [7, 11) is 0. The Morgan fingerprint density at radius 1 is 0.349 bits per heavy atom. The smallest absolute Gasteiger partial charge is 0.144 e. The van der Waals surface area contributed by atoms with Crippen molar-refractivity contribution in [2.75, 3.05) is 0 Å². The largest absolute Gasteiger partial charge is 0.455 e. The van der Waals surface area contributed by atoms with E-state index >= 15 is 0 Å². The average Bonchev–Trinajstić information content (AvgIpc) is 3.46. The van der Waals surface area contributed by atoms with Gasteiger partial charge in [0.1, 0.15) is 11.2 Å². The molecule has 0 amide bonds. The normalized spacial score (nSPS) is 11.7. The van der Waals surface area contributed by atoms with Crippen molar-refractivity contribution in [2.24, 2.45) is 0 Å². The summed E-state index contributed by atoms with van der Waals surface area (Å²) in [6, 6.07) is 56.6. The number of hydrogen-bond acceptors (Lipinski definition) is 1. The van der Waals surface area contributed by atoms with Gasteiger partial charge >= 0.3 is 0 Å². The number of para-hydroxylation sites is 1. The number of rotatable bonds is 3. The molecule has 0 fully saturated rings. The fraction of sp³-hybridized carbons (Fsp3) is 0. The van der Waals surface area contributed by atoms with Gasteiger partial charge in [0.2, 0.25) is 0 Å². The summed E-state index contributed by atoms with van der Waals surface area (Å²) in [5.41, 5.74) is 9.02. The van der Waals surface area contributed by atoms with Gasteiger partial charge in [-0.1, -0.05) is 146 Å². The number of hydrogen-bond donors (Lipinski definition) is 0. The van der Waals surface area contributed by atoms with Crippen LogP contribution in [0.2, 0.25) is 0 Å². The second kappa shape index (κ2) is 9.44. The quantitative estimate of drug-likeness (QED) is 0.215. The van der Waals surface area contributed by atoms with Gasteiger partial charge in [0.25, 0.3) is 0 Å². The summed E-state index contributed by atoms with van der Waals surface area (Å²) in [5.74, 6) is 0. The van der Waals surface area contributed by atoms with Gasteiger partial charge < -0.3 is 4.42 Å². The van der Waals surface area contributed by atoms with E-state index in [1.165, 1.54) is 60.1 Å². The van der Waals surface area contributed by atoms with Crippen LogP contribution in [-0.4, -0.2) is 0 Å². The van der Waals surface area contributed by atoms with Crippen molar-refractivity contribution in [2.45, 2.75) is 0 Å². The van der Waals surface area contributed by atoms with Gasteiger partial charge in [0.15, 0.2) is 0 Å². The third-order valence-corrected chi connectivity index (χ3v) is 8.85. The van der Waals surface area contributed by atoms with Crippen molar-refractivity contribution in [1.29, 1.82) is 0 Å². The van der Waals surface area contributed by atoms with E-state index in [2.05, 4.69) is 158 Å². The van der Waals surface area contributed by atoms with Gasteiger partial charge in [-0.15, -0.1) is 0 Å². The van der Waals surface area contributed by atoms with Crippen molar-refractivity contribution in [3.63, 3.8) is 0 Å². The maximum absolute atomic E-state index is 6.86. The first-order valence-corrected chi connectivity index (χ1v) is 14.8. The molecule has 200 valence electrons. The molecule has 0 unspecified atom stereocenters. The summed E-state index contributed by atoms with van der Waals surface area (Å²) in [5, 5.41) is 9.64. The molecule has 8 aromatic carbocycles. The van der Waals surface area contributed by atoms with Gasteiger partial charge in [0, 0.05) is 21.9 Å². The molecular formula is C42H26O. The first-order valence-electron chi connectivity index (χ1n) is 14.8. The topological polar surface area (TPSA) is 13.1 Å². The fourth-order valence-corrected chi connectivity index (χ4v) is 6.94. The molecule has 0 radical (unpaired) electrons. The lowest BCUT2D eigenvalue weighted by molar-refractivity contribution is 0.670. The Kier molecular flexibility index (Phi) is 5.27. The molecule has 0 bridgehead atoms. The lowest BCUT2D eigenvalue weighted by Gasteiger charge is -2.17. The summed E-state index contributed by atoms with van der Waals surface area (Å²) >= 11 is 0. The summed E-state index contributed by atoms with van der Waals surface area (Å²) < 4.78 is 6.86. The van der Waals surface area contributed by atoms with Gasteiger partial charge in [0.05, 0.1) is 0 Å². The zero-order chi connectivity index (χ0) is 28.3. The van der Waals surface area contributed by atoms with Gasteiger partial charge in [-0.05, 0) is 66.7 Å². The van der Waals surface area contributed by atoms with Crippen molar-refractivity contribution in [3.8, 4) is 33.4 Å². The molecule has 0 saturated heterocycles. The van der Waals surface area contributed by atoms with E-state index in [-0.39, 0.29) is 0 Å². The molecule has 9 aromatic rings. The summed E-state index contributed by atoms with van der Waals surface area (Å²) in [6.07, 6.45) is 0. The zero-order valence-corrected chi connectivity index (χ0v) is 23.4. The van der Waals surface area contributed by atoms with E-state index in [0.29, 0.717) is 0 Å². The first-order chi connectivity index (χ1) is 21.3. The third kappa shape index (κ3) is 3.65. The molecule has 43 heavy (non-hydrogen) atoms. The lowest BCUT2D eigenvalue weighted by Crippen LogP contribution is -1.91. The average molecular weight is 547 g/mol. The minimum Gasteiger partial charge on any atom is -0.455 e. The monoisotopic (exact) mass is 546 g/mol. The van der Waals surface area contributed by atoms with E-state index < -0.39 is 0 Å². The maximum Gasteiger partial charge on any atom is 0.144 e. The van der Waals surface area contributed by atoms with Crippen molar-refractivity contribution in [3.05, 3.63) is 158 Å². The van der Waals surface area contributed by atoms with E-state index in [1.54, 1.807) is 0 Å². The minimum absolute atomic E-state index is 0.904. The molecular weight excluding hydrogens is 520 g/mol. The molecule has 0 saturated carbocycles. The fourth-order valence-electron chi connectivity index (χ4n) is 6.94. The highest BCUT2D eigenvalue weighted by atomic mass is 16.3. The molecule has 0 N–H and O–H groups in total. The van der Waals surface area contributed by atoms with Crippen LogP contribution in [0.1, 0.15) is 0 Å². The number of benzene rings is 8. The molecule has 0 aliphatic carbocycles. The molecule has 1 heterocycles. The van der Waals surface area contributed by atoms with Crippen LogP contribution in [0.25, 0.3) is 87.6 Å². The Hall–Kier alpha value is -5.66. The van der Waals surface area contributed by atoms with Crippen LogP contribution in [0, 0.1) is 0 Å². The van der Waals surface area contributed by atoms with Crippen LogP contribution in [0.4, 0.5) is 0 Å².